The summed E-state index contributed by atoms with van der Waals surface area (Å²) in [7, 11) is 1.60. The second kappa shape index (κ2) is 11.4. The monoisotopic (exact) mass is 345 g/mol. The maximum atomic E-state index is 12.3. The van der Waals surface area contributed by atoms with Gasteiger partial charge in [0.1, 0.15) is 12.1 Å². The molecule has 1 unspecified atom stereocenters. The number of nitrogens with two attached hydrogens (primary N) is 2. The summed E-state index contributed by atoms with van der Waals surface area (Å²) in [5.74, 6) is -3.28. The molecule has 0 saturated heterocycles. The van der Waals surface area contributed by atoms with Gasteiger partial charge in [-0.25, -0.2) is 0 Å². The molecule has 0 aliphatic rings. The molecule has 0 aromatic heterocycles. The average Bonchev–Trinajstić information content (AvgIpc) is 2.51. The smallest absolute Gasteiger partial charge is 0.305 e. The molecule has 0 aromatic rings. The summed E-state index contributed by atoms with van der Waals surface area (Å²) in [6.45, 7) is 2.07. The fourth-order valence-electron chi connectivity index (χ4n) is 1.86. The van der Waals surface area contributed by atoms with Crippen molar-refractivity contribution >= 4 is 23.7 Å². The minimum atomic E-state index is -1.34. The van der Waals surface area contributed by atoms with Crippen molar-refractivity contribution in [2.24, 2.45) is 11.5 Å². The fraction of sp³-hybridized carbons (Fsp3) is 0.714. The number of carbonyl (C=O) groups is 4. The van der Waals surface area contributed by atoms with E-state index in [0.717, 1.165) is 0 Å². The van der Waals surface area contributed by atoms with E-state index in [9.17, 15) is 19.2 Å². The van der Waals surface area contributed by atoms with E-state index >= 15 is 0 Å². The van der Waals surface area contributed by atoms with Crippen LogP contribution in [-0.2, 0) is 19.2 Å². The topological polar surface area (TPSA) is 177 Å². The Labute approximate surface area is 140 Å². The molecule has 138 valence electrons. The van der Waals surface area contributed by atoms with Gasteiger partial charge in [-0.05, 0) is 39.8 Å². The number of aliphatic carboxylic acids is 1. The third-order valence-corrected chi connectivity index (χ3v) is 3.44. The van der Waals surface area contributed by atoms with Crippen molar-refractivity contribution in [3.8, 4) is 0 Å². The molecule has 0 saturated carbocycles. The second-order valence-corrected chi connectivity index (χ2v) is 5.42. The second-order valence-electron chi connectivity index (χ2n) is 5.42. The summed E-state index contributed by atoms with van der Waals surface area (Å²) in [4.78, 5) is 46.2. The summed E-state index contributed by atoms with van der Waals surface area (Å²) in [5.41, 5.74) is 10.5. The van der Waals surface area contributed by atoms with E-state index in [2.05, 4.69) is 16.0 Å². The molecule has 24 heavy (non-hydrogen) atoms. The summed E-state index contributed by atoms with van der Waals surface area (Å²) >= 11 is 0. The molecule has 0 radical (unpaired) electrons. The summed E-state index contributed by atoms with van der Waals surface area (Å²) in [6, 6.07) is -2.76. The van der Waals surface area contributed by atoms with Crippen molar-refractivity contribution in [2.45, 2.75) is 50.7 Å². The van der Waals surface area contributed by atoms with E-state index in [4.69, 9.17) is 16.6 Å². The van der Waals surface area contributed by atoms with E-state index in [1.54, 1.807) is 14.0 Å². The molecule has 0 fully saturated rings. The first-order valence-electron chi connectivity index (χ1n) is 7.72. The van der Waals surface area contributed by atoms with Gasteiger partial charge in [-0.1, -0.05) is 0 Å². The van der Waals surface area contributed by atoms with Crippen LogP contribution in [0.25, 0.3) is 0 Å². The third kappa shape index (κ3) is 8.44. The van der Waals surface area contributed by atoms with Crippen LogP contribution in [0.1, 0.15) is 32.6 Å². The van der Waals surface area contributed by atoms with Crippen LogP contribution < -0.4 is 27.4 Å². The van der Waals surface area contributed by atoms with Gasteiger partial charge in [-0.15, -0.1) is 0 Å². The number of carboxylic acids is 1. The number of likely N-dealkylation sites (N-methyl/N-ethyl adjacent to an activating group) is 1. The van der Waals surface area contributed by atoms with Crippen molar-refractivity contribution in [3.05, 3.63) is 0 Å². The van der Waals surface area contributed by atoms with Crippen molar-refractivity contribution in [1.29, 1.82) is 0 Å². The lowest BCUT2D eigenvalue weighted by Gasteiger charge is -2.22. The Kier molecular flexibility index (Phi) is 10.3. The Morgan fingerprint density at radius 1 is 1.04 bits per heavy atom. The summed E-state index contributed by atoms with van der Waals surface area (Å²) in [6.07, 6.45) is 0.930. The quantitative estimate of drug-likeness (QED) is 0.214. The Morgan fingerprint density at radius 3 is 2.08 bits per heavy atom. The predicted molar refractivity (Wildman–Crippen MR) is 86.7 cm³/mol. The molecule has 0 bridgehead atoms. The van der Waals surface area contributed by atoms with Gasteiger partial charge in [0.2, 0.25) is 17.7 Å². The number of rotatable bonds is 12. The lowest BCUT2D eigenvalue weighted by atomic mass is 10.1. The van der Waals surface area contributed by atoms with Crippen LogP contribution in [0.5, 0.6) is 0 Å². The van der Waals surface area contributed by atoms with Crippen molar-refractivity contribution in [1.82, 2.24) is 16.0 Å². The van der Waals surface area contributed by atoms with Crippen molar-refractivity contribution in [3.63, 3.8) is 0 Å². The highest BCUT2D eigenvalue weighted by molar-refractivity contribution is 5.93. The van der Waals surface area contributed by atoms with Crippen LogP contribution in [-0.4, -0.2) is 60.5 Å². The Morgan fingerprint density at radius 2 is 1.62 bits per heavy atom. The molecule has 8 N–H and O–H groups in total. The highest BCUT2D eigenvalue weighted by Gasteiger charge is 2.27. The molecule has 10 nitrogen and oxygen atoms in total. The zero-order valence-corrected chi connectivity index (χ0v) is 14.0. The highest BCUT2D eigenvalue weighted by Crippen LogP contribution is 2.03. The predicted octanol–water partition coefficient (Wildman–Crippen LogP) is -2.35. The van der Waals surface area contributed by atoms with Gasteiger partial charge in [0, 0.05) is 0 Å². The minimum Gasteiger partial charge on any atom is -0.481 e. The molecule has 3 atom stereocenters. The van der Waals surface area contributed by atoms with Gasteiger partial charge in [0.25, 0.3) is 0 Å². The Bertz CT molecular complexity index is 457. The molecule has 0 rings (SSSR count). The van der Waals surface area contributed by atoms with E-state index in [1.807, 2.05) is 0 Å². The van der Waals surface area contributed by atoms with Crippen LogP contribution in [0.2, 0.25) is 0 Å². The Balaban J connectivity index is 4.95. The number of carbonyl (C=O) groups excluding carboxylic acids is 3. The van der Waals surface area contributed by atoms with Gasteiger partial charge in [0.15, 0.2) is 0 Å². The van der Waals surface area contributed by atoms with Gasteiger partial charge in [0.05, 0.1) is 12.5 Å². The first kappa shape index (κ1) is 21.8. The fourth-order valence-corrected chi connectivity index (χ4v) is 1.86. The number of primary amides is 1. The van der Waals surface area contributed by atoms with Crippen LogP contribution in [0.15, 0.2) is 0 Å². The van der Waals surface area contributed by atoms with Crippen LogP contribution in [0.3, 0.4) is 0 Å². The lowest BCUT2D eigenvalue weighted by molar-refractivity contribution is -0.140. The van der Waals surface area contributed by atoms with Crippen LogP contribution >= 0.6 is 0 Å². The van der Waals surface area contributed by atoms with E-state index in [0.29, 0.717) is 25.8 Å². The lowest BCUT2D eigenvalue weighted by Crippen LogP contribution is -2.55. The number of nitrogens with one attached hydrogen (secondary N) is 3. The maximum absolute atomic E-state index is 12.3. The highest BCUT2D eigenvalue weighted by atomic mass is 16.4. The first-order valence-corrected chi connectivity index (χ1v) is 7.72. The molecule has 0 spiro atoms. The average molecular weight is 345 g/mol. The zero-order chi connectivity index (χ0) is 18.7. The van der Waals surface area contributed by atoms with E-state index in [-0.39, 0.29) is 5.91 Å². The van der Waals surface area contributed by atoms with Crippen LogP contribution in [0, 0.1) is 0 Å². The number of hydrogen-bond donors (Lipinski definition) is 6. The number of hydrogen-bond acceptors (Lipinski definition) is 6. The number of amides is 3. The third-order valence-electron chi connectivity index (χ3n) is 3.44. The summed E-state index contributed by atoms with van der Waals surface area (Å²) < 4.78 is 0. The van der Waals surface area contributed by atoms with Gasteiger partial charge in [-0.3, -0.25) is 19.2 Å². The van der Waals surface area contributed by atoms with Crippen molar-refractivity contribution in [2.75, 3.05) is 13.6 Å². The van der Waals surface area contributed by atoms with E-state index < -0.39 is 42.3 Å². The summed E-state index contributed by atoms with van der Waals surface area (Å²) in [5, 5.41) is 16.3. The molecule has 0 aromatic carbocycles. The molecule has 0 aliphatic heterocycles. The number of unbranched alkanes of at least 4 members (excludes halogenated alkanes) is 1. The normalized spacial score (nSPS) is 14.3. The van der Waals surface area contributed by atoms with Crippen LogP contribution in [0.4, 0.5) is 0 Å². The largest absolute Gasteiger partial charge is 0.481 e. The Hall–Kier alpha value is -2.20. The first-order chi connectivity index (χ1) is 11.2. The molecule has 3 amide bonds. The standard InChI is InChI=1S/C14H27N5O5/c1-8(17-2)13(23)18-9(5-3-4-6-15)14(24)19-10(12(16)22)7-11(20)21/h8-10,17H,3-7,15H2,1-2H3,(H2,16,22)(H,18,23)(H,19,24)(H,20,21)/t8-,9-,10?/m0/s1. The van der Waals surface area contributed by atoms with E-state index in [1.165, 1.54) is 0 Å². The minimum absolute atomic E-state index is 0.309. The zero-order valence-electron chi connectivity index (χ0n) is 14.0. The molecular formula is C14H27N5O5. The van der Waals surface area contributed by atoms with Gasteiger partial charge >= 0.3 is 5.97 Å². The van der Waals surface area contributed by atoms with Crippen molar-refractivity contribution < 1.29 is 24.3 Å². The van der Waals surface area contributed by atoms with Gasteiger partial charge in [-0.2, -0.15) is 0 Å². The molecule has 0 heterocycles. The van der Waals surface area contributed by atoms with Gasteiger partial charge < -0.3 is 32.5 Å². The molecule has 0 aliphatic carbocycles. The number of carboxylic acid groups (broad SMARTS) is 1. The SMILES string of the molecule is CN[C@@H](C)C(=O)N[C@@H](CCCCN)C(=O)NC(CC(=O)O)C(N)=O. The maximum Gasteiger partial charge on any atom is 0.305 e. The molecule has 10 heteroatoms. The molecular weight excluding hydrogens is 318 g/mol.